The Labute approximate surface area is 167 Å². The summed E-state index contributed by atoms with van der Waals surface area (Å²) in [6.07, 6.45) is 3.81. The smallest absolute Gasteiger partial charge is 0.144 e. The molecule has 29 heavy (non-hydrogen) atoms. The Morgan fingerprint density at radius 3 is 2.38 bits per heavy atom. The molecule has 136 valence electrons. The summed E-state index contributed by atoms with van der Waals surface area (Å²) in [5, 5.41) is 3.37. The van der Waals surface area contributed by atoms with Crippen LogP contribution in [-0.2, 0) is 0 Å². The van der Waals surface area contributed by atoms with E-state index in [1.807, 2.05) is 54.9 Å². The third-order valence-electron chi connectivity index (χ3n) is 5.37. The molecular formula is C26H16N2O. The minimum absolute atomic E-state index is 0.876. The third-order valence-corrected chi connectivity index (χ3v) is 5.37. The monoisotopic (exact) mass is 372 g/mol. The fourth-order valence-electron chi connectivity index (χ4n) is 3.90. The van der Waals surface area contributed by atoms with Gasteiger partial charge in [-0.1, -0.05) is 54.6 Å². The molecule has 0 aliphatic heterocycles. The normalized spacial score (nSPS) is 11.4. The van der Waals surface area contributed by atoms with Crippen LogP contribution in [0.4, 0.5) is 0 Å². The highest BCUT2D eigenvalue weighted by Gasteiger charge is 2.12. The molecule has 0 fully saturated rings. The predicted octanol–water partition coefficient (Wildman–Crippen LogP) is 6.86. The number of fused-ring (bicyclic) bond motifs is 4. The molecule has 0 saturated heterocycles. The first-order valence-electron chi connectivity index (χ1n) is 9.59. The quantitative estimate of drug-likeness (QED) is 0.333. The fraction of sp³-hybridized carbons (Fsp3) is 0. The van der Waals surface area contributed by atoms with Crippen LogP contribution in [0.25, 0.3) is 55.2 Å². The van der Waals surface area contributed by atoms with Gasteiger partial charge in [-0.05, 0) is 30.3 Å². The van der Waals surface area contributed by atoms with E-state index in [-0.39, 0.29) is 0 Å². The van der Waals surface area contributed by atoms with Crippen molar-refractivity contribution in [2.45, 2.75) is 0 Å². The van der Waals surface area contributed by atoms with Gasteiger partial charge in [-0.3, -0.25) is 9.97 Å². The maximum absolute atomic E-state index is 6.15. The number of aromatic nitrogens is 2. The van der Waals surface area contributed by atoms with E-state index in [0.717, 1.165) is 55.2 Å². The van der Waals surface area contributed by atoms with Crippen LogP contribution in [-0.4, -0.2) is 9.97 Å². The summed E-state index contributed by atoms with van der Waals surface area (Å²) in [4.78, 5) is 9.30. The topological polar surface area (TPSA) is 38.9 Å². The Balaban J connectivity index is 1.45. The number of pyridine rings is 2. The highest BCUT2D eigenvalue weighted by Crippen LogP contribution is 2.35. The molecule has 3 nitrogen and oxygen atoms in total. The van der Waals surface area contributed by atoms with Gasteiger partial charge in [0, 0.05) is 45.2 Å². The number of para-hydroxylation sites is 3. The van der Waals surface area contributed by atoms with Gasteiger partial charge in [0.1, 0.15) is 11.2 Å². The highest BCUT2D eigenvalue weighted by molar-refractivity contribution is 6.09. The van der Waals surface area contributed by atoms with E-state index in [2.05, 4.69) is 47.4 Å². The van der Waals surface area contributed by atoms with E-state index in [4.69, 9.17) is 9.40 Å². The maximum atomic E-state index is 6.15. The standard InChI is InChI=1S/C26H16N2O/c1-3-10-23-17(6-1)14-19(16-27-23)18-12-13-24(28-15-18)22-9-5-8-21-20-7-2-4-11-25(20)29-26(21)22/h1-16H. The summed E-state index contributed by atoms with van der Waals surface area (Å²) in [5.41, 5.74) is 6.77. The average Bonchev–Trinajstić information content (AvgIpc) is 3.18. The van der Waals surface area contributed by atoms with Crippen molar-refractivity contribution >= 4 is 32.8 Å². The number of rotatable bonds is 2. The SMILES string of the molecule is c1ccc2ncc(-c3ccc(-c4cccc5c4oc4ccccc45)nc3)cc2c1. The van der Waals surface area contributed by atoms with Crippen LogP contribution in [0.2, 0.25) is 0 Å². The second-order valence-corrected chi connectivity index (χ2v) is 7.13. The van der Waals surface area contributed by atoms with Crippen LogP contribution in [0, 0.1) is 0 Å². The molecule has 0 amide bonds. The molecule has 0 saturated carbocycles. The molecule has 0 aliphatic carbocycles. The van der Waals surface area contributed by atoms with Gasteiger partial charge in [0.25, 0.3) is 0 Å². The molecule has 3 aromatic heterocycles. The lowest BCUT2D eigenvalue weighted by Crippen LogP contribution is -1.87. The van der Waals surface area contributed by atoms with E-state index < -0.39 is 0 Å². The lowest BCUT2D eigenvalue weighted by molar-refractivity contribution is 0.670. The van der Waals surface area contributed by atoms with E-state index in [1.54, 1.807) is 0 Å². The van der Waals surface area contributed by atoms with Crippen molar-refractivity contribution in [2.24, 2.45) is 0 Å². The molecule has 0 unspecified atom stereocenters. The van der Waals surface area contributed by atoms with Crippen LogP contribution in [0.1, 0.15) is 0 Å². The number of hydrogen-bond acceptors (Lipinski definition) is 3. The molecule has 3 heteroatoms. The van der Waals surface area contributed by atoms with E-state index >= 15 is 0 Å². The summed E-state index contributed by atoms with van der Waals surface area (Å²) in [6, 6.07) is 28.8. The summed E-state index contributed by atoms with van der Waals surface area (Å²) in [7, 11) is 0. The van der Waals surface area contributed by atoms with Gasteiger partial charge in [0.2, 0.25) is 0 Å². The molecule has 6 rings (SSSR count). The number of furan rings is 1. The Hall–Kier alpha value is -3.98. The first kappa shape index (κ1) is 16.0. The molecule has 3 aromatic carbocycles. The van der Waals surface area contributed by atoms with E-state index in [1.165, 1.54) is 0 Å². The second kappa shape index (κ2) is 6.28. The minimum Gasteiger partial charge on any atom is -0.455 e. The molecule has 3 heterocycles. The van der Waals surface area contributed by atoms with Gasteiger partial charge in [-0.15, -0.1) is 0 Å². The first-order valence-corrected chi connectivity index (χ1v) is 9.59. The van der Waals surface area contributed by atoms with Gasteiger partial charge < -0.3 is 4.42 Å². The van der Waals surface area contributed by atoms with E-state index in [9.17, 15) is 0 Å². The Morgan fingerprint density at radius 1 is 0.621 bits per heavy atom. The summed E-state index contributed by atoms with van der Waals surface area (Å²) >= 11 is 0. The van der Waals surface area contributed by atoms with Crippen LogP contribution >= 0.6 is 0 Å². The van der Waals surface area contributed by atoms with Crippen molar-refractivity contribution in [3.63, 3.8) is 0 Å². The molecular weight excluding hydrogens is 356 g/mol. The van der Waals surface area contributed by atoms with Gasteiger partial charge in [-0.2, -0.15) is 0 Å². The molecule has 0 aliphatic rings. The van der Waals surface area contributed by atoms with Crippen molar-refractivity contribution in [1.29, 1.82) is 0 Å². The number of benzene rings is 3. The molecule has 0 bridgehead atoms. The predicted molar refractivity (Wildman–Crippen MR) is 118 cm³/mol. The maximum Gasteiger partial charge on any atom is 0.144 e. The third kappa shape index (κ3) is 2.59. The van der Waals surface area contributed by atoms with Gasteiger partial charge >= 0.3 is 0 Å². The zero-order valence-corrected chi connectivity index (χ0v) is 15.5. The fourth-order valence-corrected chi connectivity index (χ4v) is 3.90. The zero-order chi connectivity index (χ0) is 19.2. The molecule has 0 radical (unpaired) electrons. The summed E-state index contributed by atoms with van der Waals surface area (Å²) < 4.78 is 6.15. The number of nitrogens with zero attached hydrogens (tertiary/aromatic N) is 2. The Kier molecular flexibility index (Phi) is 3.47. The number of hydrogen-bond donors (Lipinski definition) is 0. The van der Waals surface area contributed by atoms with Crippen LogP contribution < -0.4 is 0 Å². The van der Waals surface area contributed by atoms with E-state index in [0.29, 0.717) is 0 Å². The summed E-state index contributed by atoms with van der Waals surface area (Å²) in [6.45, 7) is 0. The van der Waals surface area contributed by atoms with Crippen LogP contribution in [0.3, 0.4) is 0 Å². The Bertz CT molecular complexity index is 1500. The minimum atomic E-state index is 0.876. The van der Waals surface area contributed by atoms with Crippen molar-refractivity contribution in [3.05, 3.63) is 97.3 Å². The molecule has 0 atom stereocenters. The van der Waals surface area contributed by atoms with Gasteiger partial charge in [0.05, 0.1) is 11.2 Å². The van der Waals surface area contributed by atoms with Crippen molar-refractivity contribution in [1.82, 2.24) is 9.97 Å². The van der Waals surface area contributed by atoms with Gasteiger partial charge in [-0.25, -0.2) is 0 Å². The lowest BCUT2D eigenvalue weighted by atomic mass is 10.0. The van der Waals surface area contributed by atoms with Crippen molar-refractivity contribution in [2.75, 3.05) is 0 Å². The highest BCUT2D eigenvalue weighted by atomic mass is 16.3. The molecule has 6 aromatic rings. The first-order chi connectivity index (χ1) is 14.4. The van der Waals surface area contributed by atoms with Gasteiger partial charge in [0.15, 0.2) is 0 Å². The van der Waals surface area contributed by atoms with Crippen molar-refractivity contribution < 1.29 is 4.42 Å². The largest absolute Gasteiger partial charge is 0.455 e. The average molecular weight is 372 g/mol. The lowest BCUT2D eigenvalue weighted by Gasteiger charge is -2.06. The second-order valence-electron chi connectivity index (χ2n) is 7.13. The van der Waals surface area contributed by atoms with Crippen LogP contribution in [0.5, 0.6) is 0 Å². The molecule has 0 spiro atoms. The summed E-state index contributed by atoms with van der Waals surface area (Å²) in [5.74, 6) is 0. The zero-order valence-electron chi connectivity index (χ0n) is 15.5. The van der Waals surface area contributed by atoms with Crippen LogP contribution in [0.15, 0.2) is 102 Å². The Morgan fingerprint density at radius 2 is 1.45 bits per heavy atom. The van der Waals surface area contributed by atoms with Crippen molar-refractivity contribution in [3.8, 4) is 22.4 Å². The molecule has 0 N–H and O–H groups in total.